The van der Waals surface area contributed by atoms with Crippen molar-refractivity contribution in [2.24, 2.45) is 0 Å². The predicted octanol–water partition coefficient (Wildman–Crippen LogP) is 1.81. The van der Waals surface area contributed by atoms with Gasteiger partial charge in [-0.25, -0.2) is 0 Å². The Kier molecular flexibility index (Phi) is 7.08. The summed E-state index contributed by atoms with van der Waals surface area (Å²) >= 11 is 3.32. The molecule has 0 aliphatic rings. The van der Waals surface area contributed by atoms with Crippen LogP contribution in [-0.4, -0.2) is 43.5 Å². The Morgan fingerprint density at radius 3 is 2.55 bits per heavy atom. The lowest BCUT2D eigenvalue weighted by Gasteiger charge is -2.17. The molecule has 1 rings (SSSR count). The summed E-state index contributed by atoms with van der Waals surface area (Å²) in [6.07, 6.45) is 0.871. The molecule has 0 bridgehead atoms. The number of nitrogens with zero attached hydrogens (tertiary/aromatic N) is 1. The third-order valence-corrected chi connectivity index (χ3v) is 3.08. The molecule has 6 heteroatoms. The summed E-state index contributed by atoms with van der Waals surface area (Å²) in [5.41, 5.74) is 0. The number of hydrogen-bond acceptors (Lipinski definition) is 3. The summed E-state index contributed by atoms with van der Waals surface area (Å²) < 4.78 is 6.31. The number of rotatable bonds is 7. The first-order chi connectivity index (χ1) is 9.52. The van der Waals surface area contributed by atoms with Crippen LogP contribution in [0.25, 0.3) is 0 Å². The summed E-state index contributed by atoms with van der Waals surface area (Å²) in [6.45, 7) is 2.55. The maximum Gasteiger partial charge on any atom is 0.260 e. The molecule has 1 aromatic rings. The predicted molar refractivity (Wildman–Crippen MR) is 80.6 cm³/mol. The summed E-state index contributed by atoms with van der Waals surface area (Å²) in [4.78, 5) is 24.6. The van der Waals surface area contributed by atoms with E-state index in [1.54, 1.807) is 19.2 Å². The van der Waals surface area contributed by atoms with Crippen molar-refractivity contribution < 1.29 is 14.3 Å². The van der Waals surface area contributed by atoms with E-state index in [0.717, 1.165) is 10.9 Å². The molecule has 0 spiro atoms. The van der Waals surface area contributed by atoms with Crippen molar-refractivity contribution in [1.82, 2.24) is 10.2 Å². The van der Waals surface area contributed by atoms with Crippen molar-refractivity contribution in [1.29, 1.82) is 0 Å². The van der Waals surface area contributed by atoms with Gasteiger partial charge in [-0.1, -0.05) is 22.9 Å². The van der Waals surface area contributed by atoms with Crippen LogP contribution in [0.4, 0.5) is 0 Å². The van der Waals surface area contributed by atoms with Crippen LogP contribution in [0.3, 0.4) is 0 Å². The van der Waals surface area contributed by atoms with Crippen LogP contribution in [0, 0.1) is 0 Å². The van der Waals surface area contributed by atoms with Gasteiger partial charge in [0, 0.05) is 18.1 Å². The molecule has 0 aliphatic heterocycles. The first-order valence-corrected chi connectivity index (χ1v) is 7.21. The zero-order chi connectivity index (χ0) is 15.0. The molecule has 2 amide bonds. The van der Waals surface area contributed by atoms with Gasteiger partial charge in [0.15, 0.2) is 6.61 Å². The molecular formula is C14H19BrN2O3. The summed E-state index contributed by atoms with van der Waals surface area (Å²) in [5, 5.41) is 2.72. The first kappa shape index (κ1) is 16.5. The van der Waals surface area contributed by atoms with Gasteiger partial charge in [-0.15, -0.1) is 0 Å². The Morgan fingerprint density at radius 1 is 1.30 bits per heavy atom. The van der Waals surface area contributed by atoms with Crippen molar-refractivity contribution >= 4 is 27.7 Å². The lowest BCUT2D eigenvalue weighted by molar-refractivity contribution is -0.136. The van der Waals surface area contributed by atoms with Crippen LogP contribution >= 0.6 is 15.9 Å². The zero-order valence-corrected chi connectivity index (χ0v) is 13.3. The van der Waals surface area contributed by atoms with Gasteiger partial charge in [-0.2, -0.15) is 0 Å². The van der Waals surface area contributed by atoms with E-state index in [1.807, 2.05) is 19.1 Å². The van der Waals surface area contributed by atoms with E-state index in [9.17, 15) is 9.59 Å². The van der Waals surface area contributed by atoms with E-state index in [4.69, 9.17) is 4.74 Å². The quantitative estimate of drug-likeness (QED) is 0.822. The minimum absolute atomic E-state index is 0.0442. The molecule has 0 saturated heterocycles. The fourth-order valence-corrected chi connectivity index (χ4v) is 1.67. The monoisotopic (exact) mass is 342 g/mol. The van der Waals surface area contributed by atoms with Gasteiger partial charge in [0.05, 0.1) is 6.54 Å². The molecule has 0 saturated carbocycles. The Hall–Kier alpha value is -1.56. The Balaban J connectivity index is 2.34. The number of likely N-dealkylation sites (N-methyl/N-ethyl adjacent to an activating group) is 1. The maximum atomic E-state index is 11.8. The standard InChI is InChI=1S/C14H19BrN2O3/c1-3-8-16-13(18)9-17(2)14(19)10-20-12-6-4-11(15)5-7-12/h4-7H,3,8-10H2,1-2H3,(H,16,18). The van der Waals surface area contributed by atoms with Crippen molar-refractivity contribution in [3.05, 3.63) is 28.7 Å². The number of halogens is 1. The molecule has 0 unspecified atom stereocenters. The molecule has 1 N–H and O–H groups in total. The van der Waals surface area contributed by atoms with Gasteiger partial charge >= 0.3 is 0 Å². The molecule has 1 aromatic carbocycles. The molecule has 20 heavy (non-hydrogen) atoms. The highest BCUT2D eigenvalue weighted by Crippen LogP contribution is 2.15. The number of benzene rings is 1. The second kappa shape index (κ2) is 8.58. The van der Waals surface area contributed by atoms with E-state index in [-0.39, 0.29) is 25.0 Å². The molecule has 0 heterocycles. The van der Waals surface area contributed by atoms with Crippen molar-refractivity contribution in [3.8, 4) is 5.75 Å². The lowest BCUT2D eigenvalue weighted by Crippen LogP contribution is -2.40. The molecule has 0 atom stereocenters. The average molecular weight is 343 g/mol. The second-order valence-electron chi connectivity index (χ2n) is 4.34. The van der Waals surface area contributed by atoms with E-state index in [0.29, 0.717) is 12.3 Å². The first-order valence-electron chi connectivity index (χ1n) is 6.42. The van der Waals surface area contributed by atoms with Crippen molar-refractivity contribution in [2.75, 3.05) is 26.7 Å². The van der Waals surface area contributed by atoms with E-state index >= 15 is 0 Å². The van der Waals surface area contributed by atoms with E-state index in [1.165, 1.54) is 4.90 Å². The average Bonchev–Trinajstić information content (AvgIpc) is 2.44. The molecule has 5 nitrogen and oxygen atoms in total. The number of carbonyl (C=O) groups excluding carboxylic acids is 2. The fraction of sp³-hybridized carbons (Fsp3) is 0.429. The van der Waals surface area contributed by atoms with Crippen molar-refractivity contribution in [3.63, 3.8) is 0 Å². The van der Waals surface area contributed by atoms with Crippen molar-refractivity contribution in [2.45, 2.75) is 13.3 Å². The minimum Gasteiger partial charge on any atom is -0.484 e. The van der Waals surface area contributed by atoms with Crippen LogP contribution in [0.1, 0.15) is 13.3 Å². The molecule has 0 aromatic heterocycles. The molecule has 110 valence electrons. The van der Waals surface area contributed by atoms with E-state index < -0.39 is 0 Å². The minimum atomic E-state index is -0.237. The Morgan fingerprint density at radius 2 is 1.95 bits per heavy atom. The maximum absolute atomic E-state index is 11.8. The van der Waals surface area contributed by atoms with Crippen LogP contribution in [-0.2, 0) is 9.59 Å². The third-order valence-electron chi connectivity index (χ3n) is 2.55. The van der Waals surface area contributed by atoms with Crippen LogP contribution in [0.2, 0.25) is 0 Å². The highest BCUT2D eigenvalue weighted by Gasteiger charge is 2.13. The zero-order valence-electron chi connectivity index (χ0n) is 11.7. The highest BCUT2D eigenvalue weighted by molar-refractivity contribution is 9.10. The molecule has 0 fully saturated rings. The van der Waals surface area contributed by atoms with Gasteiger partial charge in [-0.3, -0.25) is 9.59 Å². The molecular weight excluding hydrogens is 324 g/mol. The van der Waals surface area contributed by atoms with Gasteiger partial charge in [0.1, 0.15) is 5.75 Å². The Labute approximate surface area is 127 Å². The third kappa shape index (κ3) is 6.06. The smallest absolute Gasteiger partial charge is 0.260 e. The normalized spacial score (nSPS) is 9.95. The van der Waals surface area contributed by atoms with Gasteiger partial charge in [-0.05, 0) is 30.7 Å². The topological polar surface area (TPSA) is 58.6 Å². The van der Waals surface area contributed by atoms with Crippen LogP contribution in [0.15, 0.2) is 28.7 Å². The summed E-state index contributed by atoms with van der Waals surface area (Å²) in [7, 11) is 1.58. The Bertz CT molecular complexity index is 448. The molecule has 0 aliphatic carbocycles. The van der Waals surface area contributed by atoms with Gasteiger partial charge in [0.25, 0.3) is 5.91 Å². The van der Waals surface area contributed by atoms with E-state index in [2.05, 4.69) is 21.2 Å². The number of amides is 2. The summed E-state index contributed by atoms with van der Waals surface area (Å²) in [5.74, 6) is 0.219. The summed E-state index contributed by atoms with van der Waals surface area (Å²) in [6, 6.07) is 7.21. The highest BCUT2D eigenvalue weighted by atomic mass is 79.9. The largest absolute Gasteiger partial charge is 0.484 e. The number of hydrogen-bond donors (Lipinski definition) is 1. The van der Waals surface area contributed by atoms with Crippen LogP contribution < -0.4 is 10.1 Å². The van der Waals surface area contributed by atoms with Crippen LogP contribution in [0.5, 0.6) is 5.75 Å². The number of ether oxygens (including phenoxy) is 1. The SMILES string of the molecule is CCCNC(=O)CN(C)C(=O)COc1ccc(Br)cc1. The number of carbonyl (C=O) groups is 2. The fourth-order valence-electron chi connectivity index (χ4n) is 1.41. The second-order valence-corrected chi connectivity index (χ2v) is 5.26. The molecule has 0 radical (unpaired) electrons. The number of nitrogens with one attached hydrogen (secondary N) is 1. The van der Waals surface area contributed by atoms with Gasteiger partial charge < -0.3 is 15.0 Å². The van der Waals surface area contributed by atoms with Gasteiger partial charge in [0.2, 0.25) is 5.91 Å². The lowest BCUT2D eigenvalue weighted by atomic mass is 10.3.